The summed E-state index contributed by atoms with van der Waals surface area (Å²) >= 11 is 0. The maximum absolute atomic E-state index is 10.9. The van der Waals surface area contributed by atoms with E-state index in [4.69, 9.17) is 11.5 Å². The van der Waals surface area contributed by atoms with Crippen molar-refractivity contribution in [2.45, 2.75) is 31.7 Å². The van der Waals surface area contributed by atoms with Crippen molar-refractivity contribution in [2.24, 2.45) is 11.5 Å². The van der Waals surface area contributed by atoms with Crippen molar-refractivity contribution in [3.63, 3.8) is 0 Å². The first-order chi connectivity index (χ1) is 9.16. The summed E-state index contributed by atoms with van der Waals surface area (Å²) in [6, 6.07) is 10.6. The summed E-state index contributed by atoms with van der Waals surface area (Å²) < 4.78 is 0. The zero-order chi connectivity index (χ0) is 13.4. The van der Waals surface area contributed by atoms with Crippen LogP contribution in [0.3, 0.4) is 0 Å². The molecule has 3 rings (SSSR count). The van der Waals surface area contributed by atoms with Crippen LogP contribution >= 0.6 is 0 Å². The molecule has 2 aromatic carbocycles. The highest BCUT2D eigenvalue weighted by atomic mass is 16.1. The number of hydrogen-bond acceptors (Lipinski definition) is 2. The summed E-state index contributed by atoms with van der Waals surface area (Å²) in [4.78, 5) is 10.9. The van der Waals surface area contributed by atoms with Crippen molar-refractivity contribution in [2.75, 3.05) is 0 Å². The number of carbonyl (C=O) groups excluding carboxylic acids is 1. The number of rotatable bonds is 4. The molecule has 0 saturated carbocycles. The molecular weight excluding hydrogens is 236 g/mol. The first-order valence-electron chi connectivity index (χ1n) is 6.74. The molecule has 0 radical (unpaired) electrons. The summed E-state index contributed by atoms with van der Waals surface area (Å²) in [6.07, 6.45) is 3.18. The smallest absolute Gasteiger partial charge is 0.217 e. The number of carbonyl (C=O) groups is 1. The lowest BCUT2D eigenvalue weighted by Crippen LogP contribution is -2.16. The number of primary amides is 1. The topological polar surface area (TPSA) is 69.1 Å². The van der Waals surface area contributed by atoms with Crippen LogP contribution in [0.5, 0.6) is 0 Å². The van der Waals surface area contributed by atoms with E-state index in [0.29, 0.717) is 12.8 Å². The third-order valence-electron chi connectivity index (χ3n) is 4.01. The maximum atomic E-state index is 10.9. The Bertz CT molecular complexity index is 638. The lowest BCUT2D eigenvalue weighted by molar-refractivity contribution is -0.118. The van der Waals surface area contributed by atoms with Crippen LogP contribution in [0.2, 0.25) is 0 Å². The Balaban J connectivity index is 2.03. The van der Waals surface area contributed by atoms with Crippen molar-refractivity contribution in [1.82, 2.24) is 0 Å². The van der Waals surface area contributed by atoms with Crippen LogP contribution in [0.15, 0.2) is 30.3 Å². The van der Waals surface area contributed by atoms with Gasteiger partial charge in [0.15, 0.2) is 0 Å². The van der Waals surface area contributed by atoms with Crippen LogP contribution in [-0.4, -0.2) is 5.91 Å². The van der Waals surface area contributed by atoms with Crippen LogP contribution < -0.4 is 11.5 Å². The molecule has 1 atom stereocenters. The van der Waals surface area contributed by atoms with Gasteiger partial charge in [-0.15, -0.1) is 0 Å². The predicted molar refractivity (Wildman–Crippen MR) is 76.7 cm³/mol. The second kappa shape index (κ2) is 4.67. The zero-order valence-corrected chi connectivity index (χ0v) is 10.9. The summed E-state index contributed by atoms with van der Waals surface area (Å²) in [6.45, 7) is 0. The molecule has 2 aromatic rings. The summed E-state index contributed by atoms with van der Waals surface area (Å²) in [5, 5.41) is 2.61. The van der Waals surface area contributed by atoms with Gasteiger partial charge in [-0.05, 0) is 46.7 Å². The van der Waals surface area contributed by atoms with Gasteiger partial charge in [-0.1, -0.05) is 30.3 Å². The largest absolute Gasteiger partial charge is 0.370 e. The lowest BCUT2D eigenvalue weighted by Gasteiger charge is -2.15. The standard InChI is InChI=1S/C16H18N2O/c17-14(8-9-15(18)19)12-7-6-11-5-4-10-2-1-3-13(12)16(10)11/h1-3,6-7,14H,4-5,8-9,17H2,(H2,18,19). The van der Waals surface area contributed by atoms with Crippen LogP contribution in [0.1, 0.15) is 35.6 Å². The van der Waals surface area contributed by atoms with Gasteiger partial charge < -0.3 is 11.5 Å². The molecule has 3 heteroatoms. The van der Waals surface area contributed by atoms with E-state index >= 15 is 0 Å². The van der Waals surface area contributed by atoms with Gasteiger partial charge >= 0.3 is 0 Å². The monoisotopic (exact) mass is 254 g/mol. The fourth-order valence-electron chi connectivity index (χ4n) is 3.05. The average Bonchev–Trinajstić information content (AvgIpc) is 2.82. The van der Waals surface area contributed by atoms with Gasteiger partial charge in [0, 0.05) is 12.5 Å². The molecular formula is C16H18N2O. The highest BCUT2D eigenvalue weighted by molar-refractivity contribution is 5.93. The van der Waals surface area contributed by atoms with Gasteiger partial charge in [0.2, 0.25) is 5.91 Å². The van der Waals surface area contributed by atoms with Crippen LogP contribution in [0.4, 0.5) is 0 Å². The molecule has 0 heterocycles. The van der Waals surface area contributed by atoms with E-state index in [2.05, 4.69) is 30.3 Å². The van der Waals surface area contributed by atoms with Gasteiger partial charge in [-0.2, -0.15) is 0 Å². The SMILES string of the molecule is NC(=O)CCC(N)c1ccc2c3c(cccc13)CC2. The molecule has 4 N–H and O–H groups in total. The molecule has 1 aliphatic rings. The number of aryl methyl sites for hydroxylation is 2. The van der Waals surface area contributed by atoms with Gasteiger partial charge in [-0.25, -0.2) is 0 Å². The summed E-state index contributed by atoms with van der Waals surface area (Å²) in [7, 11) is 0. The Kier molecular flexibility index (Phi) is 2.99. The minimum Gasteiger partial charge on any atom is -0.370 e. The van der Waals surface area contributed by atoms with Gasteiger partial charge in [-0.3, -0.25) is 4.79 Å². The van der Waals surface area contributed by atoms with E-state index in [1.807, 2.05) is 0 Å². The first kappa shape index (κ1) is 12.2. The van der Waals surface area contributed by atoms with Gasteiger partial charge in [0.25, 0.3) is 0 Å². The minimum absolute atomic E-state index is 0.127. The molecule has 19 heavy (non-hydrogen) atoms. The highest BCUT2D eigenvalue weighted by Crippen LogP contribution is 2.35. The number of amides is 1. The van der Waals surface area contributed by atoms with E-state index in [-0.39, 0.29) is 11.9 Å². The van der Waals surface area contributed by atoms with Gasteiger partial charge in [0.1, 0.15) is 0 Å². The third kappa shape index (κ3) is 2.10. The predicted octanol–water partition coefficient (Wildman–Crippen LogP) is 2.20. The Labute approximate surface area is 112 Å². The normalized spacial score (nSPS) is 14.8. The second-order valence-corrected chi connectivity index (χ2v) is 5.27. The Morgan fingerprint density at radius 3 is 2.63 bits per heavy atom. The molecule has 0 aromatic heterocycles. The average molecular weight is 254 g/mol. The molecule has 3 nitrogen and oxygen atoms in total. The van der Waals surface area contributed by atoms with E-state index in [9.17, 15) is 4.79 Å². The highest BCUT2D eigenvalue weighted by Gasteiger charge is 2.18. The van der Waals surface area contributed by atoms with E-state index in [1.54, 1.807) is 0 Å². The Hall–Kier alpha value is -1.87. The van der Waals surface area contributed by atoms with Crippen molar-refractivity contribution in [3.05, 3.63) is 47.0 Å². The van der Waals surface area contributed by atoms with E-state index in [1.165, 1.54) is 21.9 Å². The number of hydrogen-bond donors (Lipinski definition) is 2. The van der Waals surface area contributed by atoms with Crippen LogP contribution in [0.25, 0.3) is 10.8 Å². The zero-order valence-electron chi connectivity index (χ0n) is 10.9. The van der Waals surface area contributed by atoms with Crippen LogP contribution in [0, 0.1) is 0 Å². The molecule has 1 aliphatic carbocycles. The fourth-order valence-corrected chi connectivity index (χ4v) is 3.05. The minimum atomic E-state index is -0.290. The van der Waals surface area contributed by atoms with Crippen molar-refractivity contribution in [3.8, 4) is 0 Å². The Morgan fingerprint density at radius 1 is 1.16 bits per heavy atom. The third-order valence-corrected chi connectivity index (χ3v) is 4.01. The van der Waals surface area contributed by atoms with Gasteiger partial charge in [0.05, 0.1) is 0 Å². The molecule has 1 amide bonds. The molecule has 0 aliphatic heterocycles. The molecule has 0 spiro atoms. The van der Waals surface area contributed by atoms with Crippen LogP contribution in [-0.2, 0) is 17.6 Å². The number of nitrogens with two attached hydrogens (primary N) is 2. The molecule has 0 bridgehead atoms. The van der Waals surface area contributed by atoms with E-state index < -0.39 is 0 Å². The maximum Gasteiger partial charge on any atom is 0.217 e. The molecule has 98 valence electrons. The summed E-state index contributed by atoms with van der Waals surface area (Å²) in [5.74, 6) is -0.290. The summed E-state index contributed by atoms with van der Waals surface area (Å²) in [5.41, 5.74) is 15.4. The molecule has 1 unspecified atom stereocenters. The van der Waals surface area contributed by atoms with E-state index in [0.717, 1.165) is 18.4 Å². The Morgan fingerprint density at radius 2 is 1.89 bits per heavy atom. The number of benzene rings is 2. The van der Waals surface area contributed by atoms with Crippen molar-refractivity contribution < 1.29 is 4.79 Å². The quantitative estimate of drug-likeness (QED) is 0.878. The lowest BCUT2D eigenvalue weighted by atomic mass is 9.94. The second-order valence-electron chi connectivity index (χ2n) is 5.27. The molecule has 0 saturated heterocycles. The molecule has 0 fully saturated rings. The van der Waals surface area contributed by atoms with Crippen molar-refractivity contribution >= 4 is 16.7 Å². The first-order valence-corrected chi connectivity index (χ1v) is 6.74. The fraction of sp³-hybridized carbons (Fsp3) is 0.312. The van der Waals surface area contributed by atoms with Crippen molar-refractivity contribution in [1.29, 1.82) is 0 Å².